The standard InChI is InChI=1S/C22H27NO4/c1-13-21-14(9-20(26-4)22(13)27-5)6-7-23-12-16-11-19(25-3)18(24-2)10-15(16)8-17(21)23/h9-11,17H,6-8,12H2,1-5H3. The quantitative estimate of drug-likeness (QED) is 0.822. The Morgan fingerprint density at radius 2 is 1.44 bits per heavy atom. The Morgan fingerprint density at radius 3 is 2.07 bits per heavy atom. The van der Waals surface area contributed by atoms with E-state index in [2.05, 4.69) is 30.0 Å². The van der Waals surface area contributed by atoms with E-state index < -0.39 is 0 Å². The lowest BCUT2D eigenvalue weighted by Crippen LogP contribution is -2.39. The first kappa shape index (κ1) is 18.0. The molecule has 5 heteroatoms. The monoisotopic (exact) mass is 369 g/mol. The molecule has 144 valence electrons. The number of hydrogen-bond donors (Lipinski definition) is 0. The van der Waals surface area contributed by atoms with Crippen LogP contribution in [0, 0.1) is 6.92 Å². The average Bonchev–Trinajstić information content (AvgIpc) is 2.70. The van der Waals surface area contributed by atoms with E-state index in [1.54, 1.807) is 28.4 Å². The molecule has 2 aliphatic rings. The molecule has 0 saturated heterocycles. The van der Waals surface area contributed by atoms with Crippen LogP contribution in [-0.2, 0) is 19.4 Å². The van der Waals surface area contributed by atoms with Crippen LogP contribution >= 0.6 is 0 Å². The number of fused-ring (bicyclic) bond motifs is 4. The fraction of sp³-hybridized carbons (Fsp3) is 0.455. The van der Waals surface area contributed by atoms with Crippen molar-refractivity contribution in [3.63, 3.8) is 0 Å². The van der Waals surface area contributed by atoms with E-state index in [0.717, 1.165) is 48.9 Å². The van der Waals surface area contributed by atoms with Crippen LogP contribution in [0.5, 0.6) is 23.0 Å². The molecular formula is C22H27NO4. The summed E-state index contributed by atoms with van der Waals surface area (Å²) >= 11 is 0. The van der Waals surface area contributed by atoms with Crippen molar-refractivity contribution in [2.45, 2.75) is 32.4 Å². The van der Waals surface area contributed by atoms with Crippen LogP contribution in [0.4, 0.5) is 0 Å². The maximum atomic E-state index is 5.67. The van der Waals surface area contributed by atoms with Crippen molar-refractivity contribution in [2.24, 2.45) is 0 Å². The van der Waals surface area contributed by atoms with Crippen LogP contribution in [0.15, 0.2) is 18.2 Å². The van der Waals surface area contributed by atoms with Crippen molar-refractivity contribution in [3.05, 3.63) is 46.0 Å². The Balaban J connectivity index is 1.80. The zero-order valence-corrected chi connectivity index (χ0v) is 16.7. The number of methoxy groups -OCH3 is 4. The number of rotatable bonds is 4. The zero-order chi connectivity index (χ0) is 19.1. The van der Waals surface area contributed by atoms with Crippen molar-refractivity contribution in [2.75, 3.05) is 35.0 Å². The summed E-state index contributed by atoms with van der Waals surface area (Å²) in [5.74, 6) is 3.26. The Hall–Kier alpha value is -2.40. The fourth-order valence-corrected chi connectivity index (χ4v) is 4.68. The summed E-state index contributed by atoms with van der Waals surface area (Å²) in [7, 11) is 6.80. The third kappa shape index (κ3) is 2.81. The zero-order valence-electron chi connectivity index (χ0n) is 16.7. The SMILES string of the molecule is COc1cc2c(cc1OC)CN1CCc3cc(OC)c(OC)c(C)c3C1C2. The normalized spacial score (nSPS) is 18.2. The van der Waals surface area contributed by atoms with Crippen LogP contribution in [-0.4, -0.2) is 39.9 Å². The Bertz CT molecular complexity index is 877. The molecule has 2 aliphatic heterocycles. The van der Waals surface area contributed by atoms with Gasteiger partial charge in [0.2, 0.25) is 0 Å². The minimum atomic E-state index is 0.346. The van der Waals surface area contributed by atoms with Crippen LogP contribution < -0.4 is 18.9 Å². The third-order valence-electron chi connectivity index (χ3n) is 5.98. The first-order chi connectivity index (χ1) is 13.1. The Labute approximate surface area is 160 Å². The minimum absolute atomic E-state index is 0.346. The molecule has 0 spiro atoms. The molecule has 0 fully saturated rings. The summed E-state index contributed by atoms with van der Waals surface area (Å²) in [6.07, 6.45) is 1.98. The molecule has 0 amide bonds. The second kappa shape index (κ2) is 6.97. The van der Waals surface area contributed by atoms with Gasteiger partial charge < -0.3 is 18.9 Å². The Morgan fingerprint density at radius 1 is 0.815 bits per heavy atom. The molecule has 2 aromatic rings. The summed E-state index contributed by atoms with van der Waals surface area (Å²) in [4.78, 5) is 2.56. The van der Waals surface area contributed by atoms with E-state index >= 15 is 0 Å². The van der Waals surface area contributed by atoms with Crippen LogP contribution in [0.25, 0.3) is 0 Å². The molecular weight excluding hydrogens is 342 g/mol. The fourth-order valence-electron chi connectivity index (χ4n) is 4.68. The van der Waals surface area contributed by atoms with Crippen molar-refractivity contribution in [3.8, 4) is 23.0 Å². The van der Waals surface area contributed by atoms with Gasteiger partial charge in [-0.15, -0.1) is 0 Å². The molecule has 0 bridgehead atoms. The van der Waals surface area contributed by atoms with E-state index in [1.807, 2.05) is 0 Å². The van der Waals surface area contributed by atoms with E-state index in [0.29, 0.717) is 6.04 Å². The first-order valence-electron chi connectivity index (χ1n) is 9.33. The maximum Gasteiger partial charge on any atom is 0.163 e. The summed E-state index contributed by atoms with van der Waals surface area (Å²) in [5, 5.41) is 0. The predicted octanol–water partition coefficient (Wildman–Crippen LogP) is 3.68. The van der Waals surface area contributed by atoms with Gasteiger partial charge in [0.1, 0.15) is 0 Å². The largest absolute Gasteiger partial charge is 0.493 e. The molecule has 0 aromatic heterocycles. The van der Waals surface area contributed by atoms with Crippen molar-refractivity contribution in [1.82, 2.24) is 4.90 Å². The van der Waals surface area contributed by atoms with Gasteiger partial charge in [-0.3, -0.25) is 4.90 Å². The smallest absolute Gasteiger partial charge is 0.163 e. The van der Waals surface area contributed by atoms with Crippen LogP contribution in [0.1, 0.15) is 33.9 Å². The summed E-state index contributed by atoms with van der Waals surface area (Å²) in [6, 6.07) is 6.76. The molecule has 1 atom stereocenters. The molecule has 0 aliphatic carbocycles. The van der Waals surface area contributed by atoms with Crippen molar-refractivity contribution in [1.29, 1.82) is 0 Å². The van der Waals surface area contributed by atoms with Gasteiger partial charge in [0, 0.05) is 19.1 Å². The number of benzene rings is 2. The van der Waals surface area contributed by atoms with Crippen molar-refractivity contribution >= 4 is 0 Å². The highest BCUT2D eigenvalue weighted by atomic mass is 16.5. The molecule has 1 unspecified atom stereocenters. The lowest BCUT2D eigenvalue weighted by atomic mass is 9.81. The molecule has 27 heavy (non-hydrogen) atoms. The van der Waals surface area contributed by atoms with Gasteiger partial charge in [-0.2, -0.15) is 0 Å². The highest BCUT2D eigenvalue weighted by molar-refractivity contribution is 5.57. The van der Waals surface area contributed by atoms with Gasteiger partial charge in [0.15, 0.2) is 23.0 Å². The van der Waals surface area contributed by atoms with Crippen LogP contribution in [0.3, 0.4) is 0 Å². The minimum Gasteiger partial charge on any atom is -0.493 e. The van der Waals surface area contributed by atoms with E-state index in [9.17, 15) is 0 Å². The molecule has 0 saturated carbocycles. The molecule has 2 aromatic carbocycles. The lowest BCUT2D eigenvalue weighted by molar-refractivity contribution is 0.159. The second-order valence-electron chi connectivity index (χ2n) is 7.23. The van der Waals surface area contributed by atoms with Gasteiger partial charge in [-0.25, -0.2) is 0 Å². The first-order valence-corrected chi connectivity index (χ1v) is 9.33. The maximum absolute atomic E-state index is 5.67. The highest BCUT2D eigenvalue weighted by Crippen LogP contribution is 2.46. The van der Waals surface area contributed by atoms with Gasteiger partial charge in [-0.05, 0) is 65.8 Å². The van der Waals surface area contributed by atoms with Gasteiger partial charge >= 0.3 is 0 Å². The number of nitrogens with zero attached hydrogens (tertiary/aromatic N) is 1. The number of ether oxygens (including phenoxy) is 4. The highest BCUT2D eigenvalue weighted by Gasteiger charge is 2.35. The summed E-state index contributed by atoms with van der Waals surface area (Å²) in [6.45, 7) is 4.11. The molecule has 5 nitrogen and oxygen atoms in total. The van der Waals surface area contributed by atoms with Gasteiger partial charge in [-0.1, -0.05) is 0 Å². The summed E-state index contributed by atoms with van der Waals surface area (Å²) in [5.41, 5.74) is 6.60. The predicted molar refractivity (Wildman–Crippen MR) is 104 cm³/mol. The molecule has 4 rings (SSSR count). The topological polar surface area (TPSA) is 40.2 Å². The van der Waals surface area contributed by atoms with E-state index in [1.165, 1.54) is 27.8 Å². The number of hydrogen-bond acceptors (Lipinski definition) is 5. The molecule has 0 radical (unpaired) electrons. The van der Waals surface area contributed by atoms with Gasteiger partial charge in [0.05, 0.1) is 28.4 Å². The summed E-state index contributed by atoms with van der Waals surface area (Å²) < 4.78 is 22.2. The Kier molecular flexibility index (Phi) is 4.64. The molecule has 0 N–H and O–H groups in total. The van der Waals surface area contributed by atoms with E-state index in [4.69, 9.17) is 18.9 Å². The average molecular weight is 369 g/mol. The third-order valence-corrected chi connectivity index (χ3v) is 5.98. The van der Waals surface area contributed by atoms with Gasteiger partial charge in [0.25, 0.3) is 0 Å². The van der Waals surface area contributed by atoms with E-state index in [-0.39, 0.29) is 0 Å². The molecule has 2 heterocycles. The lowest BCUT2D eigenvalue weighted by Gasteiger charge is -2.42. The second-order valence-corrected chi connectivity index (χ2v) is 7.23. The van der Waals surface area contributed by atoms with Crippen LogP contribution in [0.2, 0.25) is 0 Å². The van der Waals surface area contributed by atoms with Crippen molar-refractivity contribution < 1.29 is 18.9 Å².